The Kier molecular flexibility index (Phi) is 5.77. The second-order valence-electron chi connectivity index (χ2n) is 7.12. The molecular weight excluding hydrogens is 310 g/mol. The summed E-state index contributed by atoms with van der Waals surface area (Å²) in [6.45, 7) is 10.00. The molecular formula is C22H29NO2. The third-order valence-corrected chi connectivity index (χ3v) is 5.30. The van der Waals surface area contributed by atoms with Gasteiger partial charge in [0.1, 0.15) is 5.75 Å². The summed E-state index contributed by atoms with van der Waals surface area (Å²) < 4.78 is 6.07. The molecule has 0 spiro atoms. The Labute approximate surface area is 151 Å². The zero-order chi connectivity index (χ0) is 17.8. The molecule has 2 aromatic rings. The van der Waals surface area contributed by atoms with Gasteiger partial charge in [-0.1, -0.05) is 30.3 Å². The average Bonchev–Trinajstić information content (AvgIpc) is 3.01. The second-order valence-corrected chi connectivity index (χ2v) is 7.12. The van der Waals surface area contributed by atoms with E-state index in [1.165, 1.54) is 27.8 Å². The largest absolute Gasteiger partial charge is 0.493 e. The van der Waals surface area contributed by atoms with Crippen molar-refractivity contribution in [2.45, 2.75) is 39.7 Å². The van der Waals surface area contributed by atoms with Crippen LogP contribution in [0.4, 0.5) is 0 Å². The Morgan fingerprint density at radius 3 is 2.48 bits per heavy atom. The number of aliphatic hydroxyl groups excluding tert-OH is 1. The van der Waals surface area contributed by atoms with Gasteiger partial charge in [-0.3, -0.25) is 0 Å². The molecule has 3 heteroatoms. The number of likely N-dealkylation sites (tertiary alicyclic amines) is 1. The lowest BCUT2D eigenvalue weighted by Crippen LogP contribution is -2.24. The van der Waals surface area contributed by atoms with Gasteiger partial charge in [0, 0.05) is 19.6 Å². The highest BCUT2D eigenvalue weighted by Gasteiger charge is 2.19. The van der Waals surface area contributed by atoms with Crippen molar-refractivity contribution in [1.29, 1.82) is 0 Å². The Morgan fingerprint density at radius 2 is 1.76 bits per heavy atom. The summed E-state index contributed by atoms with van der Waals surface area (Å²) in [5, 5.41) is 9.58. The van der Waals surface area contributed by atoms with Crippen LogP contribution in [0.25, 0.3) is 11.1 Å². The minimum atomic E-state index is -0.141. The lowest BCUT2D eigenvalue weighted by molar-refractivity contribution is 0.173. The van der Waals surface area contributed by atoms with Gasteiger partial charge in [0.15, 0.2) is 0 Å². The van der Waals surface area contributed by atoms with Gasteiger partial charge in [0.2, 0.25) is 0 Å². The van der Waals surface area contributed by atoms with Gasteiger partial charge >= 0.3 is 0 Å². The Balaban J connectivity index is 1.64. The fourth-order valence-electron chi connectivity index (χ4n) is 3.59. The molecule has 1 atom stereocenters. The predicted octanol–water partition coefficient (Wildman–Crippen LogP) is 4.11. The second kappa shape index (κ2) is 8.03. The van der Waals surface area contributed by atoms with Crippen LogP contribution in [0.2, 0.25) is 0 Å². The topological polar surface area (TPSA) is 32.7 Å². The van der Waals surface area contributed by atoms with E-state index >= 15 is 0 Å². The van der Waals surface area contributed by atoms with Crippen LogP contribution in [0.1, 0.15) is 29.5 Å². The Morgan fingerprint density at radius 1 is 1.04 bits per heavy atom. The van der Waals surface area contributed by atoms with E-state index in [0.29, 0.717) is 6.61 Å². The third kappa shape index (κ3) is 4.23. The maximum Gasteiger partial charge on any atom is 0.122 e. The molecule has 0 aromatic heterocycles. The van der Waals surface area contributed by atoms with Crippen molar-refractivity contribution < 1.29 is 9.84 Å². The number of ether oxygens (including phenoxy) is 1. The van der Waals surface area contributed by atoms with Gasteiger partial charge in [-0.25, -0.2) is 0 Å². The quantitative estimate of drug-likeness (QED) is 0.804. The number of rotatable bonds is 6. The van der Waals surface area contributed by atoms with Crippen molar-refractivity contribution in [3.05, 3.63) is 53.1 Å². The summed E-state index contributed by atoms with van der Waals surface area (Å²) in [7, 11) is 0. The first-order chi connectivity index (χ1) is 12.1. The molecule has 1 saturated heterocycles. The minimum absolute atomic E-state index is 0.141. The molecule has 25 heavy (non-hydrogen) atoms. The molecule has 1 aliphatic heterocycles. The van der Waals surface area contributed by atoms with Gasteiger partial charge in [-0.05, 0) is 67.5 Å². The monoisotopic (exact) mass is 339 g/mol. The zero-order valence-corrected chi connectivity index (χ0v) is 15.6. The van der Waals surface area contributed by atoms with Gasteiger partial charge in [-0.15, -0.1) is 0 Å². The maximum atomic E-state index is 9.58. The molecule has 1 aliphatic rings. The van der Waals surface area contributed by atoms with E-state index < -0.39 is 0 Å². The number of aliphatic hydroxyl groups is 1. The predicted molar refractivity (Wildman–Crippen MR) is 103 cm³/mol. The van der Waals surface area contributed by atoms with E-state index in [-0.39, 0.29) is 6.10 Å². The highest BCUT2D eigenvalue weighted by atomic mass is 16.5. The molecule has 0 bridgehead atoms. The molecule has 0 radical (unpaired) electrons. The number of hydrogen-bond donors (Lipinski definition) is 1. The van der Waals surface area contributed by atoms with E-state index in [0.717, 1.165) is 38.2 Å². The fraction of sp³-hybridized carbons (Fsp3) is 0.455. The van der Waals surface area contributed by atoms with Crippen molar-refractivity contribution in [3.63, 3.8) is 0 Å². The van der Waals surface area contributed by atoms with E-state index in [9.17, 15) is 5.11 Å². The fourth-order valence-corrected chi connectivity index (χ4v) is 3.59. The van der Waals surface area contributed by atoms with Crippen molar-refractivity contribution in [1.82, 2.24) is 4.90 Å². The molecule has 0 amide bonds. The molecule has 134 valence electrons. The van der Waals surface area contributed by atoms with Crippen LogP contribution in [0.15, 0.2) is 36.4 Å². The van der Waals surface area contributed by atoms with Crippen molar-refractivity contribution in [2.75, 3.05) is 26.2 Å². The molecule has 3 nitrogen and oxygen atoms in total. The maximum absolute atomic E-state index is 9.58. The van der Waals surface area contributed by atoms with Gasteiger partial charge in [0.05, 0.1) is 12.7 Å². The highest BCUT2D eigenvalue weighted by Crippen LogP contribution is 2.33. The highest BCUT2D eigenvalue weighted by molar-refractivity contribution is 5.73. The van der Waals surface area contributed by atoms with Gasteiger partial charge < -0.3 is 14.7 Å². The first kappa shape index (κ1) is 18.0. The molecule has 0 saturated carbocycles. The number of aryl methyl sites for hydroxylation is 1. The standard InChI is InChI=1S/C22H29NO2/c1-16-7-4-8-20(17(16)2)21-9-5-10-22(18(21)3)25-14-6-12-23-13-11-19(24)15-23/h4-5,7-10,19,24H,6,11-15H2,1-3H3/t19-/m1/s1. The molecule has 0 unspecified atom stereocenters. The number of β-amino-alcohol motifs (C(OH)–C–C–N with tert-alkyl or cyclic N) is 1. The van der Waals surface area contributed by atoms with Crippen LogP contribution in [0.3, 0.4) is 0 Å². The number of hydrogen-bond acceptors (Lipinski definition) is 3. The molecule has 1 N–H and O–H groups in total. The van der Waals surface area contributed by atoms with E-state index in [1.807, 2.05) is 0 Å². The third-order valence-electron chi connectivity index (χ3n) is 5.30. The number of benzene rings is 2. The summed E-state index contributed by atoms with van der Waals surface area (Å²) >= 11 is 0. The lowest BCUT2D eigenvalue weighted by atomic mass is 9.94. The first-order valence-corrected chi connectivity index (χ1v) is 9.25. The molecule has 2 aromatic carbocycles. The van der Waals surface area contributed by atoms with Crippen molar-refractivity contribution >= 4 is 0 Å². The van der Waals surface area contributed by atoms with Gasteiger partial charge in [-0.2, -0.15) is 0 Å². The minimum Gasteiger partial charge on any atom is -0.493 e. The lowest BCUT2D eigenvalue weighted by Gasteiger charge is -2.17. The summed E-state index contributed by atoms with van der Waals surface area (Å²) in [6, 6.07) is 12.8. The summed E-state index contributed by atoms with van der Waals surface area (Å²) in [5.74, 6) is 0.972. The van der Waals surface area contributed by atoms with Crippen LogP contribution in [0.5, 0.6) is 5.75 Å². The van der Waals surface area contributed by atoms with E-state index in [2.05, 4.69) is 62.1 Å². The summed E-state index contributed by atoms with van der Waals surface area (Å²) in [6.07, 6.45) is 1.75. The van der Waals surface area contributed by atoms with Crippen LogP contribution in [-0.2, 0) is 0 Å². The SMILES string of the molecule is Cc1cccc(-c2cccc(OCCCN3CC[C@@H](O)C3)c2C)c1C. The Hall–Kier alpha value is -1.84. The van der Waals surface area contributed by atoms with Crippen LogP contribution in [0, 0.1) is 20.8 Å². The van der Waals surface area contributed by atoms with E-state index in [4.69, 9.17) is 4.74 Å². The molecule has 3 rings (SSSR count). The number of nitrogens with zero attached hydrogens (tertiary/aromatic N) is 1. The van der Waals surface area contributed by atoms with Crippen molar-refractivity contribution in [3.8, 4) is 16.9 Å². The summed E-state index contributed by atoms with van der Waals surface area (Å²) in [5.41, 5.74) is 6.38. The smallest absolute Gasteiger partial charge is 0.122 e. The van der Waals surface area contributed by atoms with Gasteiger partial charge in [0.25, 0.3) is 0 Å². The molecule has 0 aliphatic carbocycles. The van der Waals surface area contributed by atoms with Crippen molar-refractivity contribution in [2.24, 2.45) is 0 Å². The van der Waals surface area contributed by atoms with Crippen LogP contribution >= 0.6 is 0 Å². The first-order valence-electron chi connectivity index (χ1n) is 9.25. The van der Waals surface area contributed by atoms with E-state index in [1.54, 1.807) is 0 Å². The van der Waals surface area contributed by atoms with Crippen LogP contribution in [-0.4, -0.2) is 42.4 Å². The molecule has 1 fully saturated rings. The Bertz CT molecular complexity index is 726. The normalized spacial score (nSPS) is 17.8. The van der Waals surface area contributed by atoms with Crippen LogP contribution < -0.4 is 4.74 Å². The summed E-state index contributed by atoms with van der Waals surface area (Å²) in [4.78, 5) is 2.31. The molecule has 1 heterocycles. The average molecular weight is 339 g/mol. The zero-order valence-electron chi connectivity index (χ0n) is 15.6.